The Hall–Kier alpha value is -3.84. The zero-order valence-electron chi connectivity index (χ0n) is 18.3. The molecule has 1 saturated carbocycles. The van der Waals surface area contributed by atoms with Crippen LogP contribution in [0.4, 0.5) is 5.69 Å². The Morgan fingerprint density at radius 3 is 2.50 bits per heavy atom. The first-order chi connectivity index (χ1) is 16.5. The Bertz CT molecular complexity index is 1210. The van der Waals surface area contributed by atoms with E-state index < -0.39 is 18.5 Å². The van der Waals surface area contributed by atoms with Crippen molar-refractivity contribution in [2.24, 2.45) is 0 Å². The second-order valence-electron chi connectivity index (χ2n) is 7.83. The van der Waals surface area contributed by atoms with Gasteiger partial charge in [0.05, 0.1) is 0 Å². The lowest BCUT2D eigenvalue weighted by molar-refractivity contribution is -0.119. The molecule has 0 heterocycles. The van der Waals surface area contributed by atoms with E-state index in [0.717, 1.165) is 18.4 Å². The molecule has 0 aromatic heterocycles. The van der Waals surface area contributed by atoms with Crippen LogP contribution >= 0.6 is 11.6 Å². The molecular formula is C26H23ClN2O5. The number of ether oxygens (including phenoxy) is 2. The Balaban J connectivity index is 1.32. The monoisotopic (exact) mass is 478 g/mol. The second kappa shape index (κ2) is 10.9. The molecule has 0 bridgehead atoms. The molecule has 174 valence electrons. The first-order valence-corrected chi connectivity index (χ1v) is 11.2. The molecule has 0 atom stereocenters. The number of para-hydroxylation sites is 1. The molecule has 2 amide bonds. The minimum absolute atomic E-state index is 0.176. The van der Waals surface area contributed by atoms with Crippen LogP contribution in [0.3, 0.4) is 0 Å². The van der Waals surface area contributed by atoms with E-state index in [0.29, 0.717) is 22.0 Å². The van der Waals surface area contributed by atoms with Gasteiger partial charge in [-0.3, -0.25) is 9.59 Å². The molecule has 3 aromatic carbocycles. The van der Waals surface area contributed by atoms with Gasteiger partial charge in [0, 0.05) is 27.9 Å². The van der Waals surface area contributed by atoms with E-state index in [-0.39, 0.29) is 24.1 Å². The summed E-state index contributed by atoms with van der Waals surface area (Å²) in [5, 5.41) is 6.10. The predicted octanol–water partition coefficient (Wildman–Crippen LogP) is 4.61. The van der Waals surface area contributed by atoms with Crippen LogP contribution in [0.1, 0.15) is 39.1 Å². The molecule has 0 aliphatic heterocycles. The summed E-state index contributed by atoms with van der Waals surface area (Å²) < 4.78 is 11.0. The highest BCUT2D eigenvalue weighted by molar-refractivity contribution is 6.31. The van der Waals surface area contributed by atoms with Crippen LogP contribution in [0.5, 0.6) is 5.75 Å². The fraction of sp³-hybridized carbons (Fsp3) is 0.192. The van der Waals surface area contributed by atoms with Gasteiger partial charge in [-0.25, -0.2) is 4.79 Å². The van der Waals surface area contributed by atoms with E-state index in [4.69, 9.17) is 21.1 Å². The molecule has 0 saturated heterocycles. The summed E-state index contributed by atoms with van der Waals surface area (Å²) in [4.78, 5) is 37.1. The number of hydrogen-bond acceptors (Lipinski definition) is 5. The number of halogens is 1. The standard InChI is InChI=1S/C26H23ClN2O5/c27-22-10-3-1-6-18(22)15-33-23-11-4-2-9-21(23)26(32)34-16-24(30)28-20-8-5-7-17(14-20)25(31)29-19-12-13-19/h1-11,14,19H,12-13,15-16H2,(H,28,30)(H,29,31). The Kier molecular flexibility index (Phi) is 7.44. The maximum absolute atomic E-state index is 12.6. The summed E-state index contributed by atoms with van der Waals surface area (Å²) in [6.45, 7) is -0.314. The average molecular weight is 479 g/mol. The van der Waals surface area contributed by atoms with E-state index >= 15 is 0 Å². The summed E-state index contributed by atoms with van der Waals surface area (Å²) in [7, 11) is 0. The summed E-state index contributed by atoms with van der Waals surface area (Å²) in [5.41, 5.74) is 1.86. The summed E-state index contributed by atoms with van der Waals surface area (Å²) >= 11 is 6.16. The smallest absolute Gasteiger partial charge is 0.342 e. The van der Waals surface area contributed by atoms with Gasteiger partial charge >= 0.3 is 5.97 Å². The van der Waals surface area contributed by atoms with Crippen LogP contribution in [0.25, 0.3) is 0 Å². The third-order valence-electron chi connectivity index (χ3n) is 5.10. The van der Waals surface area contributed by atoms with Crippen molar-refractivity contribution in [3.8, 4) is 5.75 Å². The fourth-order valence-corrected chi connectivity index (χ4v) is 3.36. The molecule has 2 N–H and O–H groups in total. The van der Waals surface area contributed by atoms with Crippen molar-refractivity contribution in [3.63, 3.8) is 0 Å². The van der Waals surface area contributed by atoms with E-state index in [2.05, 4.69) is 10.6 Å². The van der Waals surface area contributed by atoms with Gasteiger partial charge < -0.3 is 20.1 Å². The Labute approximate surface area is 202 Å². The molecule has 8 heteroatoms. The zero-order chi connectivity index (χ0) is 23.9. The Morgan fingerprint density at radius 2 is 1.71 bits per heavy atom. The quantitative estimate of drug-likeness (QED) is 0.438. The van der Waals surface area contributed by atoms with Gasteiger partial charge in [0.2, 0.25) is 0 Å². The van der Waals surface area contributed by atoms with E-state index in [1.807, 2.05) is 18.2 Å². The van der Waals surface area contributed by atoms with Gasteiger partial charge in [-0.1, -0.05) is 48.0 Å². The molecule has 0 unspecified atom stereocenters. The fourth-order valence-electron chi connectivity index (χ4n) is 3.17. The lowest BCUT2D eigenvalue weighted by atomic mass is 10.2. The van der Waals surface area contributed by atoms with E-state index in [9.17, 15) is 14.4 Å². The molecule has 7 nitrogen and oxygen atoms in total. The van der Waals surface area contributed by atoms with Crippen LogP contribution in [0.15, 0.2) is 72.8 Å². The maximum atomic E-state index is 12.6. The van der Waals surface area contributed by atoms with Gasteiger partial charge in [-0.05, 0) is 49.2 Å². The maximum Gasteiger partial charge on any atom is 0.342 e. The summed E-state index contributed by atoms with van der Waals surface area (Å²) in [6, 6.07) is 20.7. The van der Waals surface area contributed by atoms with Gasteiger partial charge in [0.15, 0.2) is 6.61 Å². The number of esters is 1. The number of amides is 2. The van der Waals surface area contributed by atoms with Gasteiger partial charge in [-0.2, -0.15) is 0 Å². The predicted molar refractivity (Wildman–Crippen MR) is 128 cm³/mol. The average Bonchev–Trinajstić information content (AvgIpc) is 3.66. The molecule has 0 spiro atoms. The zero-order valence-corrected chi connectivity index (χ0v) is 19.0. The van der Waals surface area contributed by atoms with E-state index in [1.165, 1.54) is 0 Å². The molecule has 3 aromatic rings. The number of anilines is 1. The van der Waals surface area contributed by atoms with E-state index in [1.54, 1.807) is 54.6 Å². The molecule has 4 rings (SSSR count). The normalized spacial score (nSPS) is 12.5. The third kappa shape index (κ3) is 6.36. The van der Waals surface area contributed by atoms with Crippen molar-refractivity contribution >= 4 is 35.1 Å². The molecule has 0 radical (unpaired) electrons. The van der Waals surface area contributed by atoms with Crippen LogP contribution in [0.2, 0.25) is 5.02 Å². The molecular weight excluding hydrogens is 456 g/mol. The number of rotatable bonds is 9. The second-order valence-corrected chi connectivity index (χ2v) is 8.24. The number of nitrogens with one attached hydrogen (secondary N) is 2. The number of carbonyl (C=O) groups is 3. The van der Waals surface area contributed by atoms with Crippen LogP contribution in [0, 0.1) is 0 Å². The molecule has 1 aliphatic carbocycles. The van der Waals surface area contributed by atoms with Crippen LogP contribution < -0.4 is 15.4 Å². The highest BCUT2D eigenvalue weighted by atomic mass is 35.5. The number of carbonyl (C=O) groups excluding carboxylic acids is 3. The summed E-state index contributed by atoms with van der Waals surface area (Å²) in [6.07, 6.45) is 1.98. The highest BCUT2D eigenvalue weighted by Crippen LogP contribution is 2.23. The summed E-state index contributed by atoms with van der Waals surface area (Å²) in [5.74, 6) is -1.08. The van der Waals surface area contributed by atoms with Crippen LogP contribution in [-0.4, -0.2) is 30.4 Å². The van der Waals surface area contributed by atoms with Gasteiger partial charge in [-0.15, -0.1) is 0 Å². The van der Waals surface area contributed by atoms with Crippen molar-refractivity contribution in [1.82, 2.24) is 5.32 Å². The SMILES string of the molecule is O=C(COC(=O)c1ccccc1OCc1ccccc1Cl)Nc1cccc(C(=O)NC2CC2)c1. The van der Waals surface area contributed by atoms with Gasteiger partial charge in [0.1, 0.15) is 17.9 Å². The van der Waals surface area contributed by atoms with Crippen molar-refractivity contribution in [2.45, 2.75) is 25.5 Å². The Morgan fingerprint density at radius 1 is 0.941 bits per heavy atom. The third-order valence-corrected chi connectivity index (χ3v) is 5.47. The lowest BCUT2D eigenvalue weighted by Crippen LogP contribution is -2.25. The number of benzene rings is 3. The lowest BCUT2D eigenvalue weighted by Gasteiger charge is -2.12. The molecule has 1 fully saturated rings. The first kappa shape index (κ1) is 23.3. The largest absolute Gasteiger partial charge is 0.488 e. The molecule has 34 heavy (non-hydrogen) atoms. The van der Waals surface area contributed by atoms with Gasteiger partial charge in [0.25, 0.3) is 11.8 Å². The van der Waals surface area contributed by atoms with Crippen molar-refractivity contribution in [1.29, 1.82) is 0 Å². The highest BCUT2D eigenvalue weighted by Gasteiger charge is 2.24. The molecule has 1 aliphatic rings. The number of hydrogen-bond donors (Lipinski definition) is 2. The van der Waals surface area contributed by atoms with Crippen LogP contribution in [-0.2, 0) is 16.1 Å². The topological polar surface area (TPSA) is 93.7 Å². The van der Waals surface area contributed by atoms with Crippen molar-refractivity contribution in [2.75, 3.05) is 11.9 Å². The van der Waals surface area contributed by atoms with Crippen molar-refractivity contribution in [3.05, 3.63) is 94.5 Å². The minimum atomic E-state index is -0.692. The van der Waals surface area contributed by atoms with Crippen molar-refractivity contribution < 1.29 is 23.9 Å². The minimum Gasteiger partial charge on any atom is -0.488 e. The first-order valence-electron chi connectivity index (χ1n) is 10.8.